The monoisotopic (exact) mass is 374 g/mol. The van der Waals surface area contributed by atoms with Crippen molar-refractivity contribution in [3.05, 3.63) is 18.2 Å². The molecular weight excluding hydrogens is 348 g/mol. The van der Waals surface area contributed by atoms with E-state index in [4.69, 9.17) is 14.2 Å². The Labute approximate surface area is 149 Å². The molecule has 0 aliphatic carbocycles. The zero-order valence-electron chi connectivity index (χ0n) is 15.5. The predicted molar refractivity (Wildman–Crippen MR) is 96.0 cm³/mol. The summed E-state index contributed by atoms with van der Waals surface area (Å²) in [5.74, 6) is 0.892. The van der Waals surface area contributed by atoms with E-state index in [0.717, 1.165) is 10.6 Å². The van der Waals surface area contributed by atoms with Gasteiger partial charge in [-0.15, -0.1) is 0 Å². The second-order valence-electron chi connectivity index (χ2n) is 6.30. The first-order valence-corrected chi connectivity index (χ1v) is 9.49. The number of hydrogen-bond donors (Lipinski definition) is 1. The van der Waals surface area contributed by atoms with E-state index in [0.29, 0.717) is 17.2 Å². The van der Waals surface area contributed by atoms with Crippen LogP contribution in [0, 0.1) is 0 Å². The third-order valence-corrected chi connectivity index (χ3v) is 4.22. The normalized spacial score (nSPS) is 11.6. The topological polar surface area (TPSA) is 94.2 Å². The van der Waals surface area contributed by atoms with Gasteiger partial charge in [0.05, 0.1) is 32.7 Å². The van der Waals surface area contributed by atoms with Gasteiger partial charge in [-0.25, -0.2) is 13.2 Å². The number of benzene rings is 1. The largest absolute Gasteiger partial charge is 0.497 e. The summed E-state index contributed by atoms with van der Waals surface area (Å²) in [6.07, 6.45) is 0.479. The van der Waals surface area contributed by atoms with E-state index < -0.39 is 21.7 Å². The van der Waals surface area contributed by atoms with Crippen LogP contribution in [0.3, 0.4) is 0 Å². The number of carbonyl (C=O) groups is 1. The summed E-state index contributed by atoms with van der Waals surface area (Å²) < 4.78 is 41.0. The lowest BCUT2D eigenvalue weighted by atomic mass is 10.2. The molecule has 0 aromatic heterocycles. The molecule has 1 amide bonds. The summed E-state index contributed by atoms with van der Waals surface area (Å²) in [5, 5.41) is 2.54. The van der Waals surface area contributed by atoms with Crippen LogP contribution >= 0.6 is 0 Å². The highest BCUT2D eigenvalue weighted by atomic mass is 32.2. The van der Waals surface area contributed by atoms with Gasteiger partial charge in [0.15, 0.2) is 0 Å². The van der Waals surface area contributed by atoms with Gasteiger partial charge in [-0.3, -0.25) is 4.31 Å². The van der Waals surface area contributed by atoms with Crippen molar-refractivity contribution in [1.29, 1.82) is 0 Å². The minimum atomic E-state index is -3.58. The number of nitrogens with one attached hydrogen (secondary N) is 1. The van der Waals surface area contributed by atoms with Gasteiger partial charge in [-0.2, -0.15) is 0 Å². The van der Waals surface area contributed by atoms with Crippen molar-refractivity contribution >= 4 is 21.8 Å². The predicted octanol–water partition coefficient (Wildman–Crippen LogP) is 1.99. The SMILES string of the molecule is COc1ccc(N(CCNC(=O)OC(C)(C)C)S(C)(=O)=O)c(OC)c1. The highest BCUT2D eigenvalue weighted by Crippen LogP contribution is 2.33. The van der Waals surface area contributed by atoms with Crippen molar-refractivity contribution in [2.24, 2.45) is 0 Å². The van der Waals surface area contributed by atoms with Crippen LogP contribution in [-0.4, -0.2) is 53.7 Å². The highest BCUT2D eigenvalue weighted by molar-refractivity contribution is 7.92. The van der Waals surface area contributed by atoms with E-state index in [9.17, 15) is 13.2 Å². The molecule has 0 saturated heterocycles. The fourth-order valence-electron chi connectivity index (χ4n) is 2.03. The number of hydrogen-bond acceptors (Lipinski definition) is 6. The highest BCUT2D eigenvalue weighted by Gasteiger charge is 2.22. The number of amides is 1. The standard InChI is InChI=1S/C16H26N2O6S/c1-16(2,3)24-15(19)17-9-10-18(25(6,20)21)13-8-7-12(22-4)11-14(13)23-5/h7-8,11H,9-10H2,1-6H3,(H,17,19). The van der Waals surface area contributed by atoms with E-state index >= 15 is 0 Å². The Morgan fingerprint density at radius 3 is 2.32 bits per heavy atom. The Kier molecular flexibility index (Phi) is 6.92. The molecule has 0 atom stereocenters. The minimum Gasteiger partial charge on any atom is -0.497 e. The third kappa shape index (κ3) is 6.69. The van der Waals surface area contributed by atoms with Crippen molar-refractivity contribution in [3.8, 4) is 11.5 Å². The average molecular weight is 374 g/mol. The van der Waals surface area contributed by atoms with Crippen LogP contribution in [0.4, 0.5) is 10.5 Å². The molecule has 0 bridgehead atoms. The maximum absolute atomic E-state index is 12.2. The van der Waals surface area contributed by atoms with Crippen molar-refractivity contribution in [3.63, 3.8) is 0 Å². The van der Waals surface area contributed by atoms with E-state index in [1.165, 1.54) is 14.2 Å². The summed E-state index contributed by atoms with van der Waals surface area (Å²) >= 11 is 0. The number of methoxy groups -OCH3 is 2. The van der Waals surface area contributed by atoms with Gasteiger partial charge in [-0.1, -0.05) is 0 Å². The quantitative estimate of drug-likeness (QED) is 0.784. The van der Waals surface area contributed by atoms with Crippen LogP contribution in [0.2, 0.25) is 0 Å². The summed E-state index contributed by atoms with van der Waals surface area (Å²) in [6.45, 7) is 5.35. The number of alkyl carbamates (subject to hydrolysis) is 1. The van der Waals surface area contributed by atoms with E-state index in [-0.39, 0.29) is 13.1 Å². The van der Waals surface area contributed by atoms with Gasteiger partial charge in [-0.05, 0) is 32.9 Å². The summed E-state index contributed by atoms with van der Waals surface area (Å²) in [7, 11) is -0.633. The molecule has 0 spiro atoms. The van der Waals surface area contributed by atoms with E-state index in [1.54, 1.807) is 39.0 Å². The zero-order valence-corrected chi connectivity index (χ0v) is 16.3. The molecular formula is C16H26N2O6S. The van der Waals surface area contributed by atoms with Crippen LogP contribution in [0.15, 0.2) is 18.2 Å². The van der Waals surface area contributed by atoms with Crippen LogP contribution in [0.1, 0.15) is 20.8 Å². The number of sulfonamides is 1. The number of anilines is 1. The Hall–Kier alpha value is -2.16. The van der Waals surface area contributed by atoms with Crippen LogP contribution < -0.4 is 19.1 Å². The minimum absolute atomic E-state index is 0.0285. The number of carbonyl (C=O) groups excluding carboxylic acids is 1. The summed E-state index contributed by atoms with van der Waals surface area (Å²) in [6, 6.07) is 4.82. The number of ether oxygens (including phenoxy) is 3. The lowest BCUT2D eigenvalue weighted by molar-refractivity contribution is 0.0529. The first-order valence-electron chi connectivity index (χ1n) is 7.64. The molecule has 1 aromatic rings. The molecule has 1 rings (SSSR count). The van der Waals surface area contributed by atoms with Gasteiger partial charge in [0, 0.05) is 12.6 Å². The lowest BCUT2D eigenvalue weighted by Crippen LogP contribution is -2.40. The summed E-state index contributed by atoms with van der Waals surface area (Å²) in [5.41, 5.74) is -0.267. The Balaban J connectivity index is 2.92. The molecule has 1 N–H and O–H groups in total. The first kappa shape index (κ1) is 20.9. The molecule has 0 aliphatic rings. The molecule has 0 aliphatic heterocycles. The fourth-order valence-corrected chi connectivity index (χ4v) is 2.96. The molecule has 0 heterocycles. The van der Waals surface area contributed by atoms with Gasteiger partial charge in [0.1, 0.15) is 17.1 Å². The first-order chi connectivity index (χ1) is 11.5. The molecule has 1 aromatic carbocycles. The van der Waals surface area contributed by atoms with Crippen molar-refractivity contribution in [2.75, 3.05) is 37.9 Å². The zero-order chi connectivity index (χ0) is 19.3. The Bertz CT molecular complexity index is 697. The van der Waals surface area contributed by atoms with Gasteiger partial charge in [0.25, 0.3) is 0 Å². The molecule has 0 fully saturated rings. The number of rotatable bonds is 7. The Morgan fingerprint density at radius 2 is 1.84 bits per heavy atom. The molecule has 9 heteroatoms. The van der Waals surface area contributed by atoms with Gasteiger partial charge >= 0.3 is 6.09 Å². The maximum Gasteiger partial charge on any atom is 0.407 e. The molecule has 0 saturated carbocycles. The van der Waals surface area contributed by atoms with Crippen molar-refractivity contribution < 1.29 is 27.4 Å². The molecule has 8 nitrogen and oxygen atoms in total. The molecule has 0 radical (unpaired) electrons. The average Bonchev–Trinajstić information content (AvgIpc) is 2.48. The van der Waals surface area contributed by atoms with Crippen LogP contribution in [-0.2, 0) is 14.8 Å². The maximum atomic E-state index is 12.2. The lowest BCUT2D eigenvalue weighted by Gasteiger charge is -2.25. The Morgan fingerprint density at radius 1 is 1.20 bits per heavy atom. The van der Waals surface area contributed by atoms with Crippen molar-refractivity contribution in [1.82, 2.24) is 5.32 Å². The van der Waals surface area contributed by atoms with Crippen LogP contribution in [0.25, 0.3) is 0 Å². The smallest absolute Gasteiger partial charge is 0.407 e. The summed E-state index contributed by atoms with van der Waals surface area (Å²) in [4.78, 5) is 11.7. The molecule has 0 unspecified atom stereocenters. The van der Waals surface area contributed by atoms with Gasteiger partial charge in [0.2, 0.25) is 10.0 Å². The van der Waals surface area contributed by atoms with E-state index in [1.807, 2.05) is 0 Å². The van der Waals surface area contributed by atoms with E-state index in [2.05, 4.69) is 5.32 Å². The second kappa shape index (κ2) is 8.28. The molecule has 25 heavy (non-hydrogen) atoms. The number of nitrogens with zero attached hydrogens (tertiary/aromatic N) is 1. The second-order valence-corrected chi connectivity index (χ2v) is 8.21. The fraction of sp³-hybridized carbons (Fsp3) is 0.562. The van der Waals surface area contributed by atoms with Crippen molar-refractivity contribution in [2.45, 2.75) is 26.4 Å². The van der Waals surface area contributed by atoms with Crippen LogP contribution in [0.5, 0.6) is 11.5 Å². The third-order valence-electron chi connectivity index (χ3n) is 3.04. The molecule has 142 valence electrons. The van der Waals surface area contributed by atoms with Gasteiger partial charge < -0.3 is 19.5 Å².